The third-order valence-corrected chi connectivity index (χ3v) is 3.21. The fourth-order valence-electron chi connectivity index (χ4n) is 1.13. The van der Waals surface area contributed by atoms with Crippen molar-refractivity contribution in [1.29, 1.82) is 0 Å². The standard InChI is InChI=1S/C8H7BrS/c9-7-1-2-8-6(5-7)3-4-10-8/h1-4,7H,5H2. The summed E-state index contributed by atoms with van der Waals surface area (Å²) in [6.07, 6.45) is 5.55. The van der Waals surface area contributed by atoms with Gasteiger partial charge in [0.2, 0.25) is 0 Å². The number of hydrogen-bond acceptors (Lipinski definition) is 1. The van der Waals surface area contributed by atoms with Gasteiger partial charge in [-0.2, -0.15) is 0 Å². The fourth-order valence-corrected chi connectivity index (χ4v) is 2.47. The average Bonchev–Trinajstić information content (AvgIpc) is 2.33. The van der Waals surface area contributed by atoms with Crippen LogP contribution in [0.4, 0.5) is 0 Å². The number of halogens is 1. The Bertz CT molecular complexity index is 262. The van der Waals surface area contributed by atoms with Crippen LogP contribution in [0.3, 0.4) is 0 Å². The van der Waals surface area contributed by atoms with Gasteiger partial charge in [0.1, 0.15) is 0 Å². The minimum atomic E-state index is 0.551. The normalized spacial score (nSPS) is 22.7. The summed E-state index contributed by atoms with van der Waals surface area (Å²) >= 11 is 5.38. The van der Waals surface area contributed by atoms with E-state index in [2.05, 4.69) is 39.5 Å². The molecule has 0 bridgehead atoms. The highest BCUT2D eigenvalue weighted by Gasteiger charge is 2.10. The molecule has 0 spiro atoms. The van der Waals surface area contributed by atoms with Crippen LogP contribution in [0.15, 0.2) is 17.5 Å². The summed E-state index contributed by atoms with van der Waals surface area (Å²) < 4.78 is 0. The highest BCUT2D eigenvalue weighted by atomic mass is 79.9. The van der Waals surface area contributed by atoms with E-state index in [9.17, 15) is 0 Å². The Balaban J connectivity index is 2.43. The molecule has 1 heterocycles. The number of thiophene rings is 1. The zero-order valence-electron chi connectivity index (χ0n) is 5.38. The lowest BCUT2D eigenvalue weighted by Gasteiger charge is -2.08. The highest BCUT2D eigenvalue weighted by Crippen LogP contribution is 2.26. The van der Waals surface area contributed by atoms with Crippen molar-refractivity contribution in [3.05, 3.63) is 28.0 Å². The molecule has 2 rings (SSSR count). The second-order valence-electron chi connectivity index (χ2n) is 2.39. The minimum absolute atomic E-state index is 0.551. The topological polar surface area (TPSA) is 0 Å². The summed E-state index contributed by atoms with van der Waals surface area (Å²) in [4.78, 5) is 1.98. The maximum atomic E-state index is 3.56. The molecule has 0 radical (unpaired) electrons. The summed E-state index contributed by atoms with van der Waals surface area (Å²) in [7, 11) is 0. The minimum Gasteiger partial charge on any atom is -0.144 e. The molecule has 0 N–H and O–H groups in total. The third kappa shape index (κ3) is 1.06. The molecule has 0 aromatic carbocycles. The van der Waals surface area contributed by atoms with E-state index >= 15 is 0 Å². The van der Waals surface area contributed by atoms with Crippen molar-refractivity contribution >= 4 is 33.3 Å². The lowest BCUT2D eigenvalue weighted by atomic mass is 10.1. The van der Waals surface area contributed by atoms with Gasteiger partial charge in [-0.15, -0.1) is 11.3 Å². The Morgan fingerprint density at radius 2 is 2.50 bits per heavy atom. The molecular weight excluding hydrogens is 208 g/mol. The number of allylic oxidation sites excluding steroid dienone is 1. The second-order valence-corrected chi connectivity index (χ2v) is 4.51. The van der Waals surface area contributed by atoms with E-state index in [0.29, 0.717) is 4.83 Å². The molecule has 0 saturated heterocycles. The van der Waals surface area contributed by atoms with Gasteiger partial charge in [-0.1, -0.05) is 22.0 Å². The first-order chi connectivity index (χ1) is 4.86. The molecule has 1 aliphatic rings. The molecule has 1 unspecified atom stereocenters. The van der Waals surface area contributed by atoms with E-state index in [-0.39, 0.29) is 0 Å². The van der Waals surface area contributed by atoms with Gasteiger partial charge in [0.25, 0.3) is 0 Å². The number of rotatable bonds is 0. The van der Waals surface area contributed by atoms with E-state index < -0.39 is 0 Å². The predicted molar refractivity (Wildman–Crippen MR) is 49.8 cm³/mol. The van der Waals surface area contributed by atoms with Gasteiger partial charge in [0.05, 0.1) is 0 Å². The van der Waals surface area contributed by atoms with Crippen molar-refractivity contribution < 1.29 is 0 Å². The summed E-state index contributed by atoms with van der Waals surface area (Å²) in [5.74, 6) is 0. The van der Waals surface area contributed by atoms with E-state index in [0.717, 1.165) is 6.42 Å². The van der Waals surface area contributed by atoms with Gasteiger partial charge in [-0.05, 0) is 29.5 Å². The van der Waals surface area contributed by atoms with Crippen molar-refractivity contribution in [3.63, 3.8) is 0 Å². The van der Waals surface area contributed by atoms with Gasteiger partial charge < -0.3 is 0 Å². The molecule has 1 aromatic heterocycles. The van der Waals surface area contributed by atoms with Gasteiger partial charge in [-0.25, -0.2) is 0 Å². The van der Waals surface area contributed by atoms with Crippen molar-refractivity contribution in [2.75, 3.05) is 0 Å². The van der Waals surface area contributed by atoms with Crippen LogP contribution in [0, 0.1) is 0 Å². The maximum absolute atomic E-state index is 3.56. The molecule has 1 aromatic rings. The number of fused-ring (bicyclic) bond motifs is 1. The Morgan fingerprint density at radius 1 is 1.60 bits per heavy atom. The SMILES string of the molecule is BrC1C=Cc2sccc2C1. The van der Waals surface area contributed by atoms with Crippen molar-refractivity contribution in [2.24, 2.45) is 0 Å². The lowest BCUT2D eigenvalue weighted by Crippen LogP contribution is -2.01. The Kier molecular flexibility index (Phi) is 1.66. The first-order valence-electron chi connectivity index (χ1n) is 3.25. The van der Waals surface area contributed by atoms with Gasteiger partial charge >= 0.3 is 0 Å². The number of alkyl halides is 1. The Labute approximate surface area is 72.7 Å². The Morgan fingerprint density at radius 3 is 3.40 bits per heavy atom. The fraction of sp³-hybridized carbons (Fsp3) is 0.250. The Hall–Kier alpha value is -0.0800. The lowest BCUT2D eigenvalue weighted by molar-refractivity contribution is 1.03. The summed E-state index contributed by atoms with van der Waals surface area (Å²) in [6.45, 7) is 0. The summed E-state index contributed by atoms with van der Waals surface area (Å²) in [5.41, 5.74) is 1.48. The van der Waals surface area contributed by atoms with E-state index in [1.54, 1.807) is 0 Å². The molecular formula is C8H7BrS. The second kappa shape index (κ2) is 2.51. The van der Waals surface area contributed by atoms with E-state index in [4.69, 9.17) is 0 Å². The van der Waals surface area contributed by atoms with E-state index in [1.165, 1.54) is 10.4 Å². The summed E-state index contributed by atoms with van der Waals surface area (Å²) in [5, 5.41) is 2.15. The van der Waals surface area contributed by atoms with Crippen LogP contribution in [-0.4, -0.2) is 4.83 Å². The maximum Gasteiger partial charge on any atom is 0.0369 e. The first-order valence-corrected chi connectivity index (χ1v) is 5.04. The monoisotopic (exact) mass is 214 g/mol. The molecule has 1 atom stereocenters. The van der Waals surface area contributed by atoms with Crippen molar-refractivity contribution in [2.45, 2.75) is 11.2 Å². The zero-order chi connectivity index (χ0) is 6.97. The van der Waals surface area contributed by atoms with Crippen molar-refractivity contribution in [1.82, 2.24) is 0 Å². The predicted octanol–water partition coefficient (Wildman–Crippen LogP) is 3.08. The van der Waals surface area contributed by atoms with Crippen LogP contribution in [0.5, 0.6) is 0 Å². The van der Waals surface area contributed by atoms with Crippen molar-refractivity contribution in [3.8, 4) is 0 Å². The molecule has 1 aliphatic carbocycles. The van der Waals surface area contributed by atoms with Gasteiger partial charge in [-0.3, -0.25) is 0 Å². The first kappa shape index (κ1) is 6.62. The van der Waals surface area contributed by atoms with Gasteiger partial charge in [0.15, 0.2) is 0 Å². The molecule has 2 heteroatoms. The van der Waals surface area contributed by atoms with Crippen LogP contribution >= 0.6 is 27.3 Å². The van der Waals surface area contributed by atoms with Crippen LogP contribution in [0.25, 0.3) is 6.08 Å². The molecule has 0 aliphatic heterocycles. The van der Waals surface area contributed by atoms with E-state index in [1.807, 2.05) is 11.3 Å². The largest absolute Gasteiger partial charge is 0.144 e. The quantitative estimate of drug-likeness (QED) is 0.583. The highest BCUT2D eigenvalue weighted by molar-refractivity contribution is 9.09. The molecule has 0 amide bonds. The van der Waals surface area contributed by atoms with Crippen LogP contribution in [0.2, 0.25) is 0 Å². The molecule has 52 valence electrons. The molecule has 0 nitrogen and oxygen atoms in total. The average molecular weight is 215 g/mol. The van der Waals surface area contributed by atoms with Crippen LogP contribution in [0.1, 0.15) is 10.4 Å². The smallest absolute Gasteiger partial charge is 0.0369 e. The van der Waals surface area contributed by atoms with Crippen LogP contribution in [-0.2, 0) is 6.42 Å². The van der Waals surface area contributed by atoms with Gasteiger partial charge in [0, 0.05) is 9.70 Å². The molecule has 0 saturated carbocycles. The zero-order valence-corrected chi connectivity index (χ0v) is 7.78. The third-order valence-electron chi connectivity index (χ3n) is 1.65. The summed E-state index contributed by atoms with van der Waals surface area (Å²) in [6, 6.07) is 2.21. The molecule has 0 fully saturated rings. The molecule has 10 heavy (non-hydrogen) atoms. The van der Waals surface area contributed by atoms with Crippen LogP contribution < -0.4 is 0 Å². The number of hydrogen-bond donors (Lipinski definition) is 0.